The minimum Gasteiger partial charge on any atom is -0.494 e. The third-order valence-corrected chi connectivity index (χ3v) is 3.41. The fraction of sp³-hybridized carbons (Fsp3) is 0.176. The van der Waals surface area contributed by atoms with Crippen molar-refractivity contribution in [1.82, 2.24) is 9.97 Å². The van der Waals surface area contributed by atoms with Crippen molar-refractivity contribution in [1.29, 1.82) is 0 Å². The van der Waals surface area contributed by atoms with Crippen molar-refractivity contribution < 1.29 is 4.74 Å². The van der Waals surface area contributed by atoms with Crippen LogP contribution in [0.2, 0.25) is 0 Å². The summed E-state index contributed by atoms with van der Waals surface area (Å²) in [6.07, 6.45) is 3.37. The fourth-order valence-corrected chi connectivity index (χ4v) is 2.38. The Morgan fingerprint density at radius 2 is 1.81 bits per heavy atom. The Morgan fingerprint density at radius 1 is 1.05 bits per heavy atom. The number of hydrogen-bond acceptors (Lipinski definition) is 4. The summed E-state index contributed by atoms with van der Waals surface area (Å²) in [7, 11) is 0. The van der Waals surface area contributed by atoms with E-state index in [0.717, 1.165) is 27.9 Å². The van der Waals surface area contributed by atoms with E-state index in [9.17, 15) is 0 Å². The van der Waals surface area contributed by atoms with E-state index in [-0.39, 0.29) is 6.04 Å². The van der Waals surface area contributed by atoms with Gasteiger partial charge in [0.25, 0.3) is 0 Å². The Morgan fingerprint density at radius 3 is 2.62 bits per heavy atom. The maximum atomic E-state index is 6.41. The Kier molecular flexibility index (Phi) is 3.79. The van der Waals surface area contributed by atoms with E-state index in [0.29, 0.717) is 6.61 Å². The molecule has 0 saturated heterocycles. The molecule has 106 valence electrons. The van der Waals surface area contributed by atoms with Crippen LogP contribution in [-0.4, -0.2) is 16.6 Å². The number of nitrogens with two attached hydrogens (primary N) is 1. The molecule has 3 rings (SSSR count). The molecule has 4 nitrogen and oxygen atoms in total. The molecule has 1 aromatic heterocycles. The zero-order valence-corrected chi connectivity index (χ0v) is 11.9. The molecule has 1 atom stereocenters. The van der Waals surface area contributed by atoms with Gasteiger partial charge in [-0.25, -0.2) is 0 Å². The van der Waals surface area contributed by atoms with Crippen LogP contribution in [0.1, 0.15) is 24.1 Å². The van der Waals surface area contributed by atoms with Crippen molar-refractivity contribution in [3.63, 3.8) is 0 Å². The number of hydrogen-bond donors (Lipinski definition) is 1. The van der Waals surface area contributed by atoms with Gasteiger partial charge >= 0.3 is 0 Å². The lowest BCUT2D eigenvalue weighted by Crippen LogP contribution is -2.13. The molecule has 0 spiro atoms. The summed E-state index contributed by atoms with van der Waals surface area (Å²) >= 11 is 0. The smallest absolute Gasteiger partial charge is 0.124 e. The van der Waals surface area contributed by atoms with Crippen LogP contribution < -0.4 is 10.5 Å². The summed E-state index contributed by atoms with van der Waals surface area (Å²) in [5.74, 6) is 0.826. The van der Waals surface area contributed by atoms with E-state index >= 15 is 0 Å². The predicted molar refractivity (Wildman–Crippen MR) is 83.2 cm³/mol. The number of fused-ring (bicyclic) bond motifs is 1. The van der Waals surface area contributed by atoms with Crippen molar-refractivity contribution in [3.05, 3.63) is 66.0 Å². The summed E-state index contributed by atoms with van der Waals surface area (Å²) in [5.41, 5.74) is 10.1. The largest absolute Gasteiger partial charge is 0.494 e. The zero-order chi connectivity index (χ0) is 14.7. The van der Waals surface area contributed by atoms with E-state index < -0.39 is 0 Å². The van der Waals surface area contributed by atoms with Gasteiger partial charge in [-0.05, 0) is 30.7 Å². The van der Waals surface area contributed by atoms with Crippen LogP contribution in [0.15, 0.2) is 54.9 Å². The Labute approximate surface area is 123 Å². The van der Waals surface area contributed by atoms with E-state index in [2.05, 4.69) is 9.97 Å². The van der Waals surface area contributed by atoms with Gasteiger partial charge in [-0.3, -0.25) is 9.97 Å². The quantitative estimate of drug-likeness (QED) is 0.797. The zero-order valence-electron chi connectivity index (χ0n) is 11.9. The first-order chi connectivity index (χ1) is 10.3. The van der Waals surface area contributed by atoms with Crippen LogP contribution >= 0.6 is 0 Å². The van der Waals surface area contributed by atoms with Crippen molar-refractivity contribution in [2.75, 3.05) is 6.61 Å². The van der Waals surface area contributed by atoms with Crippen molar-refractivity contribution >= 4 is 11.0 Å². The fourth-order valence-electron chi connectivity index (χ4n) is 2.38. The van der Waals surface area contributed by atoms with Crippen LogP contribution in [0.3, 0.4) is 0 Å². The van der Waals surface area contributed by atoms with Crippen molar-refractivity contribution in [2.45, 2.75) is 13.0 Å². The van der Waals surface area contributed by atoms with Crippen molar-refractivity contribution in [2.24, 2.45) is 5.73 Å². The Bertz CT molecular complexity index is 758. The first-order valence-electron chi connectivity index (χ1n) is 6.97. The van der Waals surface area contributed by atoms with E-state index in [4.69, 9.17) is 10.5 Å². The minimum atomic E-state index is -0.251. The maximum absolute atomic E-state index is 6.41. The summed E-state index contributed by atoms with van der Waals surface area (Å²) in [4.78, 5) is 8.60. The molecule has 21 heavy (non-hydrogen) atoms. The third-order valence-electron chi connectivity index (χ3n) is 3.41. The number of aromatic nitrogens is 2. The van der Waals surface area contributed by atoms with Crippen LogP contribution in [0, 0.1) is 0 Å². The van der Waals surface area contributed by atoms with Gasteiger partial charge in [0.1, 0.15) is 5.75 Å². The van der Waals surface area contributed by atoms with Gasteiger partial charge in [-0.2, -0.15) is 0 Å². The molecule has 1 heterocycles. The second-order valence-corrected chi connectivity index (χ2v) is 4.75. The second-order valence-electron chi connectivity index (χ2n) is 4.75. The molecular formula is C17H17N3O. The van der Waals surface area contributed by atoms with Gasteiger partial charge in [0.2, 0.25) is 0 Å². The Balaban J connectivity index is 2.02. The number of nitrogens with zero attached hydrogens (tertiary/aromatic N) is 2. The number of ether oxygens (including phenoxy) is 1. The molecule has 2 aromatic carbocycles. The molecule has 2 N–H and O–H groups in total. The number of benzene rings is 2. The summed E-state index contributed by atoms with van der Waals surface area (Å²) < 4.78 is 5.66. The summed E-state index contributed by atoms with van der Waals surface area (Å²) in [6.45, 7) is 2.58. The average Bonchev–Trinajstić information content (AvgIpc) is 2.54. The highest BCUT2D eigenvalue weighted by Gasteiger charge is 2.14. The lowest BCUT2D eigenvalue weighted by atomic mass is 9.98. The topological polar surface area (TPSA) is 61.0 Å². The van der Waals surface area contributed by atoms with E-state index in [1.54, 1.807) is 12.4 Å². The average molecular weight is 279 g/mol. The summed E-state index contributed by atoms with van der Waals surface area (Å²) in [5, 5.41) is 0. The van der Waals surface area contributed by atoms with Gasteiger partial charge < -0.3 is 10.5 Å². The monoisotopic (exact) mass is 279 g/mol. The highest BCUT2D eigenvalue weighted by molar-refractivity contribution is 5.74. The molecule has 0 amide bonds. The van der Waals surface area contributed by atoms with Crippen LogP contribution in [0.5, 0.6) is 5.75 Å². The molecule has 0 fully saturated rings. The first-order valence-corrected chi connectivity index (χ1v) is 6.97. The SMILES string of the molecule is CCOc1ccccc1C(N)c1ccc2nccnc2c1. The number of para-hydroxylation sites is 1. The van der Waals surface area contributed by atoms with Crippen LogP contribution in [0.25, 0.3) is 11.0 Å². The minimum absolute atomic E-state index is 0.251. The molecule has 1 unspecified atom stereocenters. The molecule has 0 radical (unpaired) electrons. The third kappa shape index (κ3) is 2.71. The van der Waals surface area contributed by atoms with Crippen LogP contribution in [-0.2, 0) is 0 Å². The lowest BCUT2D eigenvalue weighted by molar-refractivity contribution is 0.335. The van der Waals surface area contributed by atoms with E-state index in [1.165, 1.54) is 0 Å². The molecule has 0 aliphatic rings. The number of rotatable bonds is 4. The maximum Gasteiger partial charge on any atom is 0.124 e. The molecule has 4 heteroatoms. The van der Waals surface area contributed by atoms with Gasteiger partial charge in [0.05, 0.1) is 23.7 Å². The first kappa shape index (κ1) is 13.5. The normalized spacial score (nSPS) is 12.3. The summed E-state index contributed by atoms with van der Waals surface area (Å²) in [6, 6.07) is 13.5. The lowest BCUT2D eigenvalue weighted by Gasteiger charge is -2.17. The van der Waals surface area contributed by atoms with Gasteiger partial charge in [0, 0.05) is 18.0 Å². The Hall–Kier alpha value is -2.46. The molecule has 3 aromatic rings. The second kappa shape index (κ2) is 5.89. The molecule has 0 bridgehead atoms. The van der Waals surface area contributed by atoms with Gasteiger partial charge in [0.15, 0.2) is 0 Å². The van der Waals surface area contributed by atoms with Crippen molar-refractivity contribution in [3.8, 4) is 5.75 Å². The molecule has 0 aliphatic carbocycles. The van der Waals surface area contributed by atoms with E-state index in [1.807, 2.05) is 49.4 Å². The molecular weight excluding hydrogens is 262 g/mol. The molecule has 0 saturated carbocycles. The van der Waals surface area contributed by atoms with Gasteiger partial charge in [-0.1, -0.05) is 24.3 Å². The molecule has 0 aliphatic heterocycles. The standard InChI is InChI=1S/C17H17N3O/c1-2-21-16-6-4-3-5-13(16)17(18)12-7-8-14-15(11-12)20-10-9-19-14/h3-11,17H,2,18H2,1H3. The predicted octanol–water partition coefficient (Wildman–Crippen LogP) is 3.08. The highest BCUT2D eigenvalue weighted by Crippen LogP contribution is 2.29. The highest BCUT2D eigenvalue weighted by atomic mass is 16.5. The van der Waals surface area contributed by atoms with Crippen LogP contribution in [0.4, 0.5) is 0 Å². The van der Waals surface area contributed by atoms with Gasteiger partial charge in [-0.15, -0.1) is 0 Å².